The highest BCUT2D eigenvalue weighted by molar-refractivity contribution is 14.1. The van der Waals surface area contributed by atoms with Crippen molar-refractivity contribution in [1.29, 1.82) is 0 Å². The predicted molar refractivity (Wildman–Crippen MR) is 69.9 cm³/mol. The van der Waals surface area contributed by atoms with Crippen molar-refractivity contribution in [2.24, 2.45) is 0 Å². The van der Waals surface area contributed by atoms with Crippen LogP contribution in [0.3, 0.4) is 0 Å². The van der Waals surface area contributed by atoms with Crippen LogP contribution in [-0.4, -0.2) is 23.4 Å². The van der Waals surface area contributed by atoms with Crippen molar-refractivity contribution in [3.63, 3.8) is 0 Å². The molecule has 1 N–H and O–H groups in total. The van der Waals surface area contributed by atoms with E-state index >= 15 is 0 Å². The number of piperidine rings is 1. The van der Waals surface area contributed by atoms with Gasteiger partial charge in [-0.05, 0) is 24.3 Å². The molecule has 2 heterocycles. The number of thiophene rings is 1. The molecule has 2 rings (SSSR count). The zero-order valence-corrected chi connectivity index (χ0v) is 11.3. The maximum atomic E-state index is 11.9. The number of halogens is 1. The van der Waals surface area contributed by atoms with Gasteiger partial charge in [-0.1, -0.05) is 6.07 Å². The van der Waals surface area contributed by atoms with E-state index in [2.05, 4.69) is 37.8 Å². The summed E-state index contributed by atoms with van der Waals surface area (Å²) >= 11 is 3.78. The molecule has 1 aliphatic heterocycles. The van der Waals surface area contributed by atoms with Crippen molar-refractivity contribution in [1.82, 2.24) is 8.43 Å². The van der Waals surface area contributed by atoms with Gasteiger partial charge >= 0.3 is 0 Å². The highest BCUT2D eigenvalue weighted by atomic mass is 127. The van der Waals surface area contributed by atoms with Gasteiger partial charge in [-0.3, -0.25) is 4.79 Å². The number of carbonyl (C=O) groups excluding carboxylic acids is 1. The average Bonchev–Trinajstić information content (AvgIpc) is 2.74. The smallest absolute Gasteiger partial charge is 0.240 e. The van der Waals surface area contributed by atoms with E-state index in [1.165, 1.54) is 4.88 Å². The summed E-state index contributed by atoms with van der Waals surface area (Å²) in [5, 5.41) is 2.05. The van der Waals surface area contributed by atoms with E-state index < -0.39 is 0 Å². The van der Waals surface area contributed by atoms with Gasteiger partial charge in [-0.2, -0.15) is 0 Å². The minimum Gasteiger partial charge on any atom is -0.336 e. The van der Waals surface area contributed by atoms with Crippen molar-refractivity contribution in [3.8, 4) is 0 Å². The largest absolute Gasteiger partial charge is 0.336 e. The summed E-state index contributed by atoms with van der Waals surface area (Å²) in [7, 11) is 0. The van der Waals surface area contributed by atoms with Crippen LogP contribution in [0, 0.1) is 0 Å². The molecule has 1 amide bonds. The van der Waals surface area contributed by atoms with Gasteiger partial charge in [-0.25, -0.2) is 3.53 Å². The zero-order valence-electron chi connectivity index (χ0n) is 8.28. The standard InChI is InChI=1S/C10H13IN2OS/c11-12-9-4-1-5-13(10(9)14)7-8-3-2-6-15-8/h2-3,6,9,12H,1,4-5,7H2/t9-/m0/s1. The first-order chi connectivity index (χ1) is 7.31. The molecule has 0 saturated carbocycles. The second-order valence-corrected chi connectivity index (χ2v) is 5.30. The third-order valence-electron chi connectivity index (χ3n) is 2.59. The summed E-state index contributed by atoms with van der Waals surface area (Å²) in [6.45, 7) is 1.66. The molecule has 5 heteroatoms. The Morgan fingerprint density at radius 2 is 2.53 bits per heavy atom. The van der Waals surface area contributed by atoms with Gasteiger partial charge in [0, 0.05) is 34.3 Å². The zero-order chi connectivity index (χ0) is 10.7. The Balaban J connectivity index is 1.99. The molecule has 15 heavy (non-hydrogen) atoms. The van der Waals surface area contributed by atoms with Crippen LogP contribution >= 0.6 is 34.2 Å². The molecule has 0 radical (unpaired) electrons. The van der Waals surface area contributed by atoms with E-state index in [-0.39, 0.29) is 11.9 Å². The molecule has 0 unspecified atom stereocenters. The molecule has 1 saturated heterocycles. The van der Waals surface area contributed by atoms with Crippen molar-refractivity contribution in [3.05, 3.63) is 22.4 Å². The average molecular weight is 336 g/mol. The molecule has 1 atom stereocenters. The Morgan fingerprint density at radius 3 is 3.20 bits per heavy atom. The van der Waals surface area contributed by atoms with Crippen LogP contribution in [0.15, 0.2) is 17.5 Å². The van der Waals surface area contributed by atoms with E-state index in [0.717, 1.165) is 25.9 Å². The minimum absolute atomic E-state index is 0.0133. The van der Waals surface area contributed by atoms with Crippen LogP contribution in [0.1, 0.15) is 17.7 Å². The first kappa shape index (κ1) is 11.3. The second kappa shape index (κ2) is 5.27. The van der Waals surface area contributed by atoms with E-state index in [1.807, 2.05) is 11.0 Å². The van der Waals surface area contributed by atoms with Crippen LogP contribution in [0.4, 0.5) is 0 Å². The molecule has 0 aromatic carbocycles. The second-order valence-electron chi connectivity index (χ2n) is 3.64. The Labute approximate surface area is 107 Å². The Morgan fingerprint density at radius 1 is 1.67 bits per heavy atom. The number of amides is 1. The molecule has 0 spiro atoms. The van der Waals surface area contributed by atoms with Crippen LogP contribution in [-0.2, 0) is 11.3 Å². The molecule has 0 bridgehead atoms. The summed E-state index contributed by atoms with van der Waals surface area (Å²) in [6.07, 6.45) is 2.06. The van der Waals surface area contributed by atoms with E-state index in [9.17, 15) is 4.79 Å². The van der Waals surface area contributed by atoms with E-state index in [4.69, 9.17) is 0 Å². The SMILES string of the molecule is O=C1[C@@H](NI)CCCN1Cc1cccs1. The highest BCUT2D eigenvalue weighted by Crippen LogP contribution is 2.18. The molecular weight excluding hydrogens is 323 g/mol. The molecule has 1 aliphatic rings. The van der Waals surface area contributed by atoms with E-state index in [0.29, 0.717) is 0 Å². The maximum Gasteiger partial charge on any atom is 0.240 e. The fourth-order valence-corrected chi connectivity index (χ4v) is 3.09. The lowest BCUT2D eigenvalue weighted by atomic mass is 10.1. The number of hydrogen-bond acceptors (Lipinski definition) is 3. The van der Waals surface area contributed by atoms with Gasteiger partial charge in [0.15, 0.2) is 0 Å². The van der Waals surface area contributed by atoms with Gasteiger partial charge in [0.05, 0.1) is 12.6 Å². The number of hydrogen-bond donors (Lipinski definition) is 1. The van der Waals surface area contributed by atoms with Gasteiger partial charge in [0.1, 0.15) is 0 Å². The lowest BCUT2D eigenvalue weighted by Gasteiger charge is -2.31. The van der Waals surface area contributed by atoms with Crippen LogP contribution in [0.5, 0.6) is 0 Å². The summed E-state index contributed by atoms with van der Waals surface area (Å²) in [4.78, 5) is 15.2. The molecule has 1 aromatic heterocycles. The minimum atomic E-state index is 0.0133. The number of nitrogens with zero attached hydrogens (tertiary/aromatic N) is 1. The quantitative estimate of drug-likeness (QED) is 0.678. The van der Waals surface area contributed by atoms with Gasteiger partial charge in [-0.15, -0.1) is 11.3 Å². The lowest BCUT2D eigenvalue weighted by molar-refractivity contribution is -0.135. The Kier molecular flexibility index (Phi) is 3.99. The van der Waals surface area contributed by atoms with Crippen molar-refractivity contribution in [2.45, 2.75) is 25.4 Å². The van der Waals surface area contributed by atoms with Gasteiger partial charge in [0.2, 0.25) is 5.91 Å². The Bertz CT molecular complexity index is 328. The highest BCUT2D eigenvalue weighted by Gasteiger charge is 2.27. The van der Waals surface area contributed by atoms with Crippen molar-refractivity contribution in [2.75, 3.05) is 6.54 Å². The fourth-order valence-electron chi connectivity index (χ4n) is 1.79. The van der Waals surface area contributed by atoms with Crippen LogP contribution in [0.25, 0.3) is 0 Å². The molecule has 1 aromatic rings. The third kappa shape index (κ3) is 2.70. The van der Waals surface area contributed by atoms with Crippen LogP contribution in [0.2, 0.25) is 0 Å². The molecule has 1 fully saturated rings. The number of likely N-dealkylation sites (tertiary alicyclic amines) is 1. The molecule has 0 aliphatic carbocycles. The monoisotopic (exact) mass is 336 g/mol. The number of carbonyl (C=O) groups is 1. The summed E-state index contributed by atoms with van der Waals surface area (Å²) in [5.74, 6) is 0.240. The van der Waals surface area contributed by atoms with E-state index in [1.54, 1.807) is 11.3 Å². The predicted octanol–water partition coefficient (Wildman–Crippen LogP) is 2.18. The van der Waals surface area contributed by atoms with Crippen molar-refractivity contribution >= 4 is 40.1 Å². The number of rotatable bonds is 3. The molecular formula is C10H13IN2OS. The summed E-state index contributed by atoms with van der Waals surface area (Å²) in [5.41, 5.74) is 0. The lowest BCUT2D eigenvalue weighted by Crippen LogP contribution is -2.47. The van der Waals surface area contributed by atoms with Crippen LogP contribution < -0.4 is 3.53 Å². The first-order valence-electron chi connectivity index (χ1n) is 4.98. The topological polar surface area (TPSA) is 32.3 Å². The third-order valence-corrected chi connectivity index (χ3v) is 4.20. The molecule has 3 nitrogen and oxygen atoms in total. The van der Waals surface area contributed by atoms with Gasteiger partial charge in [0.25, 0.3) is 0 Å². The number of nitrogens with one attached hydrogen (secondary N) is 1. The maximum absolute atomic E-state index is 11.9. The normalized spacial score (nSPS) is 22.1. The fraction of sp³-hybridized carbons (Fsp3) is 0.500. The van der Waals surface area contributed by atoms with Gasteiger partial charge < -0.3 is 4.90 Å². The Hall–Kier alpha value is -0.140. The molecule has 82 valence electrons. The summed E-state index contributed by atoms with van der Waals surface area (Å²) in [6, 6.07) is 4.13. The summed E-state index contributed by atoms with van der Waals surface area (Å²) < 4.78 is 3.05. The first-order valence-corrected chi connectivity index (χ1v) is 6.94. The van der Waals surface area contributed by atoms with Crippen molar-refractivity contribution < 1.29 is 4.79 Å².